The van der Waals surface area contributed by atoms with E-state index in [1.165, 1.54) is 19.3 Å². The van der Waals surface area contributed by atoms with E-state index in [1.54, 1.807) is 0 Å². The SMILES string of the molecule is NC(=S)OC1CCCCC1. The summed E-state index contributed by atoms with van der Waals surface area (Å²) in [5, 5.41) is 0.201. The van der Waals surface area contributed by atoms with Crippen LogP contribution in [0.15, 0.2) is 0 Å². The van der Waals surface area contributed by atoms with Gasteiger partial charge in [-0.1, -0.05) is 6.42 Å². The second-order valence-electron chi connectivity index (χ2n) is 2.70. The second-order valence-corrected chi connectivity index (χ2v) is 3.10. The Morgan fingerprint density at radius 3 is 2.40 bits per heavy atom. The van der Waals surface area contributed by atoms with Crippen molar-refractivity contribution < 1.29 is 4.74 Å². The molecule has 10 heavy (non-hydrogen) atoms. The molecule has 2 nitrogen and oxygen atoms in total. The first-order valence-corrected chi connectivity index (χ1v) is 4.16. The third kappa shape index (κ3) is 2.52. The number of hydrogen-bond acceptors (Lipinski definition) is 2. The highest BCUT2D eigenvalue weighted by molar-refractivity contribution is 7.80. The van der Waals surface area contributed by atoms with E-state index in [9.17, 15) is 0 Å². The molecule has 1 saturated carbocycles. The lowest BCUT2D eigenvalue weighted by atomic mass is 9.98. The molecule has 0 aromatic heterocycles. The number of hydrogen-bond donors (Lipinski definition) is 1. The van der Waals surface area contributed by atoms with Gasteiger partial charge in [0.15, 0.2) is 0 Å². The van der Waals surface area contributed by atoms with Gasteiger partial charge in [0.1, 0.15) is 6.10 Å². The van der Waals surface area contributed by atoms with Crippen LogP contribution in [0, 0.1) is 0 Å². The molecule has 0 unspecified atom stereocenters. The van der Waals surface area contributed by atoms with E-state index >= 15 is 0 Å². The van der Waals surface area contributed by atoms with Gasteiger partial charge in [-0.3, -0.25) is 0 Å². The van der Waals surface area contributed by atoms with Gasteiger partial charge in [-0.05, 0) is 37.9 Å². The molecule has 0 amide bonds. The van der Waals surface area contributed by atoms with Crippen LogP contribution in [-0.2, 0) is 4.74 Å². The average Bonchev–Trinajstić information content (AvgIpc) is 1.88. The van der Waals surface area contributed by atoms with E-state index in [-0.39, 0.29) is 5.17 Å². The van der Waals surface area contributed by atoms with E-state index in [0.717, 1.165) is 12.8 Å². The van der Waals surface area contributed by atoms with Gasteiger partial charge in [0, 0.05) is 0 Å². The van der Waals surface area contributed by atoms with Crippen molar-refractivity contribution >= 4 is 17.4 Å². The van der Waals surface area contributed by atoms with Crippen molar-refractivity contribution in [3.63, 3.8) is 0 Å². The van der Waals surface area contributed by atoms with Gasteiger partial charge in [0.2, 0.25) is 0 Å². The molecule has 0 aliphatic heterocycles. The van der Waals surface area contributed by atoms with Gasteiger partial charge in [-0.25, -0.2) is 0 Å². The average molecular weight is 159 g/mol. The molecule has 0 saturated heterocycles. The third-order valence-corrected chi connectivity index (χ3v) is 1.93. The molecule has 1 fully saturated rings. The molecule has 0 spiro atoms. The molecule has 0 radical (unpaired) electrons. The Kier molecular flexibility index (Phi) is 2.93. The molecular weight excluding hydrogens is 146 g/mol. The Bertz CT molecular complexity index is 121. The molecule has 0 atom stereocenters. The first kappa shape index (κ1) is 7.79. The minimum atomic E-state index is 0.201. The fourth-order valence-electron chi connectivity index (χ4n) is 1.35. The molecule has 0 bridgehead atoms. The molecule has 1 rings (SSSR count). The normalized spacial score (nSPS) is 20.4. The van der Waals surface area contributed by atoms with Gasteiger partial charge < -0.3 is 10.5 Å². The smallest absolute Gasteiger partial charge is 0.254 e. The quantitative estimate of drug-likeness (QED) is 0.590. The summed E-state index contributed by atoms with van der Waals surface area (Å²) < 4.78 is 5.20. The highest BCUT2D eigenvalue weighted by Crippen LogP contribution is 2.19. The van der Waals surface area contributed by atoms with Crippen LogP contribution in [0.4, 0.5) is 0 Å². The maximum absolute atomic E-state index is 5.23. The predicted octanol–water partition coefficient (Wildman–Crippen LogP) is 1.58. The first-order valence-electron chi connectivity index (χ1n) is 3.75. The first-order chi connectivity index (χ1) is 4.79. The van der Waals surface area contributed by atoms with Crippen molar-refractivity contribution in [3.05, 3.63) is 0 Å². The van der Waals surface area contributed by atoms with Gasteiger partial charge >= 0.3 is 0 Å². The van der Waals surface area contributed by atoms with Crippen molar-refractivity contribution in [1.29, 1.82) is 0 Å². The maximum Gasteiger partial charge on any atom is 0.254 e. The van der Waals surface area contributed by atoms with Crippen LogP contribution >= 0.6 is 12.2 Å². The van der Waals surface area contributed by atoms with Crippen LogP contribution < -0.4 is 5.73 Å². The summed E-state index contributed by atoms with van der Waals surface area (Å²) in [7, 11) is 0. The minimum Gasteiger partial charge on any atom is -0.468 e. The van der Waals surface area contributed by atoms with Crippen LogP contribution in [0.3, 0.4) is 0 Å². The topological polar surface area (TPSA) is 35.2 Å². The number of ether oxygens (including phenoxy) is 1. The zero-order chi connectivity index (χ0) is 7.40. The van der Waals surface area contributed by atoms with Crippen molar-refractivity contribution in [1.82, 2.24) is 0 Å². The Hall–Kier alpha value is -0.310. The molecule has 0 heterocycles. The molecule has 58 valence electrons. The Morgan fingerprint density at radius 1 is 1.30 bits per heavy atom. The largest absolute Gasteiger partial charge is 0.468 e. The summed E-state index contributed by atoms with van der Waals surface area (Å²) in [5.74, 6) is 0. The lowest BCUT2D eigenvalue weighted by Gasteiger charge is -2.21. The lowest BCUT2D eigenvalue weighted by molar-refractivity contribution is 0.145. The fourth-order valence-corrected chi connectivity index (χ4v) is 1.48. The fraction of sp³-hybridized carbons (Fsp3) is 0.857. The minimum absolute atomic E-state index is 0.201. The van der Waals surface area contributed by atoms with E-state index in [4.69, 9.17) is 10.5 Å². The van der Waals surface area contributed by atoms with Gasteiger partial charge in [-0.2, -0.15) is 0 Å². The summed E-state index contributed by atoms with van der Waals surface area (Å²) in [6, 6.07) is 0. The predicted molar refractivity (Wildman–Crippen MR) is 44.7 cm³/mol. The summed E-state index contributed by atoms with van der Waals surface area (Å²) >= 11 is 4.63. The van der Waals surface area contributed by atoms with Crippen LogP contribution in [-0.4, -0.2) is 11.3 Å². The zero-order valence-electron chi connectivity index (χ0n) is 6.01. The summed E-state index contributed by atoms with van der Waals surface area (Å²) in [6.07, 6.45) is 6.40. The van der Waals surface area contributed by atoms with Crippen molar-refractivity contribution in [2.45, 2.75) is 38.2 Å². The monoisotopic (exact) mass is 159 g/mol. The Morgan fingerprint density at radius 2 is 1.90 bits per heavy atom. The Balaban J connectivity index is 2.19. The van der Waals surface area contributed by atoms with Gasteiger partial charge in [0.05, 0.1) is 0 Å². The molecule has 0 aromatic carbocycles. The molecule has 0 aromatic rings. The molecule has 1 aliphatic rings. The Labute approximate surface area is 66.7 Å². The van der Waals surface area contributed by atoms with Crippen LogP contribution in [0.25, 0.3) is 0 Å². The van der Waals surface area contributed by atoms with E-state index in [2.05, 4.69) is 12.2 Å². The highest BCUT2D eigenvalue weighted by Gasteiger charge is 2.14. The van der Waals surface area contributed by atoms with E-state index in [0.29, 0.717) is 6.10 Å². The lowest BCUT2D eigenvalue weighted by Crippen LogP contribution is -2.24. The summed E-state index contributed by atoms with van der Waals surface area (Å²) in [4.78, 5) is 0. The second kappa shape index (κ2) is 3.76. The number of thiocarbonyl (C=S) groups is 1. The van der Waals surface area contributed by atoms with Crippen LogP contribution in [0.1, 0.15) is 32.1 Å². The molecule has 1 aliphatic carbocycles. The standard InChI is InChI=1S/C7H13NOS/c8-7(10)9-6-4-2-1-3-5-6/h6H,1-5H2,(H2,8,10). The molecule has 2 N–H and O–H groups in total. The number of rotatable bonds is 1. The number of nitrogens with two attached hydrogens (primary N) is 1. The zero-order valence-corrected chi connectivity index (χ0v) is 6.82. The maximum atomic E-state index is 5.23. The van der Waals surface area contributed by atoms with Gasteiger partial charge in [-0.15, -0.1) is 0 Å². The van der Waals surface area contributed by atoms with E-state index < -0.39 is 0 Å². The molecular formula is C7H13NOS. The van der Waals surface area contributed by atoms with Crippen LogP contribution in [0.5, 0.6) is 0 Å². The molecule has 3 heteroatoms. The van der Waals surface area contributed by atoms with Crippen molar-refractivity contribution in [2.24, 2.45) is 5.73 Å². The van der Waals surface area contributed by atoms with Crippen molar-refractivity contribution in [3.8, 4) is 0 Å². The summed E-state index contributed by atoms with van der Waals surface area (Å²) in [6.45, 7) is 0. The summed E-state index contributed by atoms with van der Waals surface area (Å²) in [5.41, 5.74) is 5.23. The van der Waals surface area contributed by atoms with Gasteiger partial charge in [0.25, 0.3) is 5.17 Å². The van der Waals surface area contributed by atoms with E-state index in [1.807, 2.05) is 0 Å². The van der Waals surface area contributed by atoms with Crippen LogP contribution in [0.2, 0.25) is 0 Å². The highest BCUT2D eigenvalue weighted by atomic mass is 32.1. The third-order valence-electron chi connectivity index (χ3n) is 1.84. The van der Waals surface area contributed by atoms with Crippen molar-refractivity contribution in [2.75, 3.05) is 0 Å².